The largest absolute Gasteiger partial charge is 0.343 e. The minimum atomic E-state index is -0.349. The van der Waals surface area contributed by atoms with Crippen LogP contribution in [0.5, 0.6) is 0 Å². The molecular weight excluding hydrogens is 378 g/mol. The van der Waals surface area contributed by atoms with Crippen LogP contribution in [0.25, 0.3) is 0 Å². The van der Waals surface area contributed by atoms with E-state index in [1.54, 1.807) is 4.90 Å². The van der Waals surface area contributed by atoms with Crippen molar-refractivity contribution in [2.24, 2.45) is 0 Å². The van der Waals surface area contributed by atoms with Crippen molar-refractivity contribution in [2.45, 2.75) is 30.6 Å². The third-order valence-corrected chi connectivity index (χ3v) is 5.73. The summed E-state index contributed by atoms with van der Waals surface area (Å²) in [5, 5.41) is 11.5. The van der Waals surface area contributed by atoms with E-state index >= 15 is 0 Å². The average molecular weight is 402 g/mol. The molecule has 144 valence electrons. The molecule has 0 radical (unpaired) electrons. The Kier molecular flexibility index (Phi) is 7.57. The van der Waals surface area contributed by atoms with Gasteiger partial charge in [-0.1, -0.05) is 23.5 Å². The van der Waals surface area contributed by atoms with Crippen LogP contribution in [0.2, 0.25) is 0 Å². The Morgan fingerprint density at radius 1 is 1.23 bits per heavy atom. The molecule has 10 nitrogen and oxygen atoms in total. The molecule has 0 unspecified atom stereocenters. The fraction of sp³-hybridized carbons (Fsp3) is 0.643. The van der Waals surface area contributed by atoms with Gasteiger partial charge in [-0.15, -0.1) is 10.2 Å². The van der Waals surface area contributed by atoms with Crippen LogP contribution >= 0.6 is 23.5 Å². The van der Waals surface area contributed by atoms with Crippen LogP contribution in [0.1, 0.15) is 20.3 Å². The van der Waals surface area contributed by atoms with E-state index < -0.39 is 0 Å². The van der Waals surface area contributed by atoms with Crippen LogP contribution in [-0.4, -0.2) is 80.2 Å². The zero-order valence-electron chi connectivity index (χ0n) is 14.8. The molecule has 1 aromatic rings. The quantitative estimate of drug-likeness (QED) is 0.243. The normalized spacial score (nSPS) is 14.0. The number of nitrogens with zero attached hydrogens (tertiary/aromatic N) is 5. The lowest BCUT2D eigenvalue weighted by Gasteiger charge is -2.17. The summed E-state index contributed by atoms with van der Waals surface area (Å²) in [4.78, 5) is 37.9. The molecular formula is C14H23N7O3S2. The van der Waals surface area contributed by atoms with Gasteiger partial charge >= 0.3 is 6.03 Å². The van der Waals surface area contributed by atoms with Gasteiger partial charge in [0.2, 0.25) is 22.1 Å². The highest BCUT2D eigenvalue weighted by atomic mass is 32.2. The maximum Gasteiger partial charge on any atom is 0.324 e. The summed E-state index contributed by atoms with van der Waals surface area (Å²) in [6.07, 6.45) is 0.625. The predicted molar refractivity (Wildman–Crippen MR) is 99.3 cm³/mol. The zero-order valence-corrected chi connectivity index (χ0v) is 16.4. The molecule has 1 saturated heterocycles. The van der Waals surface area contributed by atoms with Crippen LogP contribution in [-0.2, 0) is 9.59 Å². The number of amides is 4. The van der Waals surface area contributed by atoms with Crippen molar-refractivity contribution in [1.29, 1.82) is 0 Å². The first-order valence-corrected chi connectivity index (χ1v) is 10.3. The highest BCUT2D eigenvalue weighted by Crippen LogP contribution is 2.21. The van der Waals surface area contributed by atoms with Crippen molar-refractivity contribution >= 4 is 41.4 Å². The number of nitrogen functional groups attached to an aromatic ring is 1. The first kappa shape index (κ1) is 20.4. The van der Waals surface area contributed by atoms with Gasteiger partial charge in [0.25, 0.3) is 0 Å². The van der Waals surface area contributed by atoms with Gasteiger partial charge in [-0.3, -0.25) is 14.5 Å². The monoisotopic (exact) mass is 401 g/mol. The molecule has 4 amide bonds. The van der Waals surface area contributed by atoms with E-state index in [4.69, 9.17) is 5.84 Å². The van der Waals surface area contributed by atoms with Crippen LogP contribution in [0.3, 0.4) is 0 Å². The lowest BCUT2D eigenvalue weighted by Crippen LogP contribution is -2.32. The first-order chi connectivity index (χ1) is 12.5. The molecule has 2 rings (SSSR count). The maximum absolute atomic E-state index is 12.0. The van der Waals surface area contributed by atoms with Crippen LogP contribution in [0, 0.1) is 0 Å². The summed E-state index contributed by atoms with van der Waals surface area (Å²) < 4.78 is 1.36. The fourth-order valence-corrected chi connectivity index (χ4v) is 3.92. The molecule has 0 bridgehead atoms. The smallest absolute Gasteiger partial charge is 0.324 e. The van der Waals surface area contributed by atoms with Crippen molar-refractivity contribution in [3.8, 4) is 0 Å². The molecule has 1 aliphatic heterocycles. The minimum absolute atomic E-state index is 0.0331. The van der Waals surface area contributed by atoms with Gasteiger partial charge < -0.3 is 16.1 Å². The minimum Gasteiger partial charge on any atom is -0.343 e. The fourth-order valence-electron chi connectivity index (χ4n) is 2.32. The predicted octanol–water partition coefficient (Wildman–Crippen LogP) is -0.0136. The number of nitrogens with two attached hydrogens (primary N) is 1. The second-order valence-corrected chi connectivity index (χ2v) is 7.40. The van der Waals surface area contributed by atoms with E-state index in [0.717, 1.165) is 0 Å². The third kappa shape index (κ3) is 5.04. The molecule has 3 N–H and O–H groups in total. The van der Waals surface area contributed by atoms with Crippen molar-refractivity contribution < 1.29 is 14.4 Å². The van der Waals surface area contributed by atoms with Crippen molar-refractivity contribution in [3.63, 3.8) is 0 Å². The molecule has 0 aliphatic carbocycles. The lowest BCUT2D eigenvalue weighted by molar-refractivity contribution is -0.128. The number of imide groups is 1. The van der Waals surface area contributed by atoms with Gasteiger partial charge in [0, 0.05) is 25.4 Å². The number of hydrogen-bond acceptors (Lipinski definition) is 8. The number of thioether (sulfide) groups is 2. The van der Waals surface area contributed by atoms with Gasteiger partial charge in [0.15, 0.2) is 0 Å². The standard InChI is InChI=1S/C14H23N7O3S2/c1-3-19(4-2)11(23)9-26-14-18-17-13(21(14)15)25-7-5-6-20-10(22)8-16-12(20)24/h3-9,15H2,1-2H3,(H,16,24). The second-order valence-electron chi connectivity index (χ2n) is 5.40. The molecule has 1 aliphatic rings. The Labute approximate surface area is 160 Å². The summed E-state index contributed by atoms with van der Waals surface area (Å²) in [5.41, 5.74) is 0. The molecule has 12 heteroatoms. The maximum atomic E-state index is 12.0. The summed E-state index contributed by atoms with van der Waals surface area (Å²) in [5.74, 6) is 6.69. The lowest BCUT2D eigenvalue weighted by atomic mass is 10.4. The van der Waals surface area contributed by atoms with Crippen molar-refractivity contribution in [2.75, 3.05) is 43.5 Å². The van der Waals surface area contributed by atoms with E-state index in [-0.39, 0.29) is 30.1 Å². The Morgan fingerprint density at radius 3 is 2.46 bits per heavy atom. The Morgan fingerprint density at radius 2 is 1.88 bits per heavy atom. The van der Waals surface area contributed by atoms with Crippen LogP contribution < -0.4 is 11.2 Å². The topological polar surface area (TPSA) is 126 Å². The number of urea groups is 1. The first-order valence-electron chi connectivity index (χ1n) is 8.29. The Balaban J connectivity index is 1.76. The molecule has 0 aromatic carbocycles. The van der Waals surface area contributed by atoms with Gasteiger partial charge in [-0.25, -0.2) is 9.47 Å². The molecule has 1 aromatic heterocycles. The number of carbonyl (C=O) groups is 3. The Bertz CT molecular complexity index is 647. The van der Waals surface area contributed by atoms with Crippen LogP contribution in [0.15, 0.2) is 10.3 Å². The van der Waals surface area contributed by atoms with Gasteiger partial charge in [0.05, 0.1) is 12.3 Å². The molecule has 0 atom stereocenters. The number of aromatic nitrogens is 3. The highest BCUT2D eigenvalue weighted by molar-refractivity contribution is 8.00. The molecule has 0 spiro atoms. The van der Waals surface area contributed by atoms with Crippen molar-refractivity contribution in [3.05, 3.63) is 0 Å². The summed E-state index contributed by atoms with van der Waals surface area (Å²) in [7, 11) is 0. The molecule has 0 saturated carbocycles. The molecule has 1 fully saturated rings. The second kappa shape index (κ2) is 9.67. The van der Waals surface area contributed by atoms with E-state index in [9.17, 15) is 14.4 Å². The van der Waals surface area contributed by atoms with Crippen LogP contribution in [0.4, 0.5) is 4.79 Å². The average Bonchev–Trinajstić information content (AvgIpc) is 3.14. The molecule has 26 heavy (non-hydrogen) atoms. The van der Waals surface area contributed by atoms with E-state index in [2.05, 4.69) is 15.5 Å². The van der Waals surface area contributed by atoms with Gasteiger partial charge in [0.1, 0.15) is 0 Å². The zero-order chi connectivity index (χ0) is 19.1. The van der Waals surface area contributed by atoms with Gasteiger partial charge in [-0.2, -0.15) is 0 Å². The number of nitrogens with one attached hydrogen (secondary N) is 1. The number of carbonyl (C=O) groups excluding carboxylic acids is 3. The summed E-state index contributed by atoms with van der Waals surface area (Å²) in [6.45, 7) is 5.64. The number of hydrogen-bond donors (Lipinski definition) is 2. The molecule has 2 heterocycles. The SMILES string of the molecule is CCN(CC)C(=O)CSc1nnc(SCCCN2C(=O)CNC2=O)n1N. The van der Waals surface area contributed by atoms with E-state index in [1.807, 2.05) is 13.8 Å². The Hall–Kier alpha value is -1.95. The van der Waals surface area contributed by atoms with Gasteiger partial charge in [-0.05, 0) is 20.3 Å². The summed E-state index contributed by atoms with van der Waals surface area (Å²) in [6, 6.07) is -0.349. The third-order valence-electron chi connectivity index (χ3n) is 3.77. The van der Waals surface area contributed by atoms with E-state index in [1.165, 1.54) is 33.1 Å². The van der Waals surface area contributed by atoms with E-state index in [0.29, 0.717) is 42.1 Å². The summed E-state index contributed by atoms with van der Waals surface area (Å²) >= 11 is 2.64. The number of rotatable bonds is 10. The highest BCUT2D eigenvalue weighted by Gasteiger charge is 2.27. The van der Waals surface area contributed by atoms with Crippen molar-refractivity contribution in [1.82, 2.24) is 30.0 Å².